The van der Waals surface area contributed by atoms with Gasteiger partial charge in [-0.05, 0) is 73.7 Å². The molecule has 0 heterocycles. The van der Waals surface area contributed by atoms with Crippen LogP contribution in [0.2, 0.25) is 0 Å². The van der Waals surface area contributed by atoms with Gasteiger partial charge >= 0.3 is 0 Å². The minimum Gasteiger partial charge on any atom is -0.307 e. The van der Waals surface area contributed by atoms with Crippen molar-refractivity contribution in [2.45, 2.75) is 11.8 Å². The van der Waals surface area contributed by atoms with Gasteiger partial charge in [0.2, 0.25) is 0 Å². The molecule has 178 valence electrons. The van der Waals surface area contributed by atoms with Gasteiger partial charge < -0.3 is 5.41 Å². The highest BCUT2D eigenvalue weighted by Gasteiger charge is 2.51. The summed E-state index contributed by atoms with van der Waals surface area (Å²) in [7, 11) is 0. The number of benzene rings is 5. The van der Waals surface area contributed by atoms with Crippen molar-refractivity contribution < 1.29 is 0 Å². The highest BCUT2D eigenvalue weighted by atomic mass is 14.5. The standard InChI is InChI=1S/C36H24N2/c37-22-25(23-38)14-13-24-15-17-26(18-16-24)27-19-20-35-31(21-27)30-9-3-6-12-34(30)36(35)32-10-4-1-7-28(32)29-8-2-5-11-33(29)36/h1-12,14-22,37H,13H2/b25-14+,37-22?. The van der Waals surface area contributed by atoms with Gasteiger partial charge in [0, 0.05) is 6.21 Å². The normalized spacial score (nSPS) is 13.8. The van der Waals surface area contributed by atoms with E-state index >= 15 is 0 Å². The number of hydrogen-bond donors (Lipinski definition) is 1. The number of nitrogens with one attached hydrogen (secondary N) is 1. The van der Waals surface area contributed by atoms with Crippen LogP contribution in [0.3, 0.4) is 0 Å². The molecule has 7 rings (SSSR count). The molecule has 0 unspecified atom stereocenters. The molecular formula is C36H24N2. The van der Waals surface area contributed by atoms with Crippen LogP contribution < -0.4 is 0 Å². The number of nitrogens with zero attached hydrogens (tertiary/aromatic N) is 1. The molecule has 0 saturated carbocycles. The van der Waals surface area contributed by atoms with Crippen molar-refractivity contribution in [3.63, 3.8) is 0 Å². The predicted octanol–water partition coefficient (Wildman–Crippen LogP) is 8.34. The van der Waals surface area contributed by atoms with Gasteiger partial charge in [0.1, 0.15) is 6.07 Å². The van der Waals surface area contributed by atoms with Gasteiger partial charge in [-0.15, -0.1) is 0 Å². The molecule has 5 aromatic carbocycles. The van der Waals surface area contributed by atoms with Crippen LogP contribution in [0.4, 0.5) is 0 Å². The molecule has 0 amide bonds. The van der Waals surface area contributed by atoms with Gasteiger partial charge in [0.15, 0.2) is 0 Å². The van der Waals surface area contributed by atoms with Crippen molar-refractivity contribution in [3.8, 4) is 39.4 Å². The van der Waals surface area contributed by atoms with Crippen molar-refractivity contribution >= 4 is 6.21 Å². The molecule has 0 bridgehead atoms. The molecule has 0 saturated heterocycles. The van der Waals surface area contributed by atoms with E-state index in [9.17, 15) is 0 Å². The zero-order chi connectivity index (χ0) is 25.7. The number of allylic oxidation sites excluding steroid dienone is 2. The Morgan fingerprint density at radius 3 is 1.68 bits per heavy atom. The maximum absolute atomic E-state index is 9.06. The van der Waals surface area contributed by atoms with E-state index < -0.39 is 0 Å². The zero-order valence-corrected chi connectivity index (χ0v) is 20.8. The largest absolute Gasteiger partial charge is 0.307 e. The second-order valence-electron chi connectivity index (χ2n) is 9.96. The summed E-state index contributed by atoms with van der Waals surface area (Å²) >= 11 is 0. The van der Waals surface area contributed by atoms with Gasteiger partial charge in [-0.3, -0.25) is 0 Å². The zero-order valence-electron chi connectivity index (χ0n) is 20.8. The fraction of sp³-hybridized carbons (Fsp3) is 0.0556. The van der Waals surface area contributed by atoms with Crippen LogP contribution in [-0.4, -0.2) is 6.21 Å². The van der Waals surface area contributed by atoms with Crippen molar-refractivity contribution in [2.75, 3.05) is 0 Å². The van der Waals surface area contributed by atoms with Crippen LogP contribution in [0.25, 0.3) is 33.4 Å². The summed E-state index contributed by atoms with van der Waals surface area (Å²) in [4.78, 5) is 0. The third-order valence-corrected chi connectivity index (χ3v) is 8.13. The van der Waals surface area contributed by atoms with E-state index in [-0.39, 0.29) is 5.41 Å². The lowest BCUT2D eigenvalue weighted by atomic mass is 9.70. The molecule has 5 aromatic rings. The topological polar surface area (TPSA) is 47.6 Å². The molecule has 0 aliphatic heterocycles. The second kappa shape index (κ2) is 8.54. The number of hydrogen-bond acceptors (Lipinski definition) is 2. The molecule has 2 nitrogen and oxygen atoms in total. The molecule has 2 aliphatic carbocycles. The average Bonchev–Trinajstić information content (AvgIpc) is 3.45. The van der Waals surface area contributed by atoms with Gasteiger partial charge in [0.25, 0.3) is 0 Å². The quantitative estimate of drug-likeness (QED) is 0.198. The molecule has 0 atom stereocenters. The highest BCUT2D eigenvalue weighted by Crippen LogP contribution is 2.62. The molecule has 1 spiro atoms. The number of rotatable bonds is 4. The van der Waals surface area contributed by atoms with E-state index in [1.807, 2.05) is 6.07 Å². The molecule has 0 radical (unpaired) electrons. The maximum atomic E-state index is 9.06. The number of nitriles is 1. The predicted molar refractivity (Wildman–Crippen MR) is 154 cm³/mol. The van der Waals surface area contributed by atoms with E-state index in [1.165, 1.54) is 55.6 Å². The summed E-state index contributed by atoms with van der Waals surface area (Å²) in [5.41, 5.74) is 14.2. The summed E-state index contributed by atoms with van der Waals surface area (Å²) in [5, 5.41) is 16.4. The molecule has 2 aliphatic rings. The lowest BCUT2D eigenvalue weighted by Crippen LogP contribution is -2.25. The number of fused-ring (bicyclic) bond motifs is 10. The molecular weight excluding hydrogens is 460 g/mol. The lowest BCUT2D eigenvalue weighted by molar-refractivity contribution is 0.794. The Kier molecular flexibility index (Phi) is 4.99. The Bertz CT molecular complexity index is 1770. The Labute approximate surface area is 222 Å². The van der Waals surface area contributed by atoms with Crippen molar-refractivity contribution in [3.05, 3.63) is 155 Å². The summed E-state index contributed by atoms with van der Waals surface area (Å²) in [6.45, 7) is 0. The first kappa shape index (κ1) is 22.2. The van der Waals surface area contributed by atoms with Crippen molar-refractivity contribution in [1.29, 1.82) is 10.7 Å². The monoisotopic (exact) mass is 484 g/mol. The Balaban J connectivity index is 1.38. The first-order valence-electron chi connectivity index (χ1n) is 12.9. The van der Waals surface area contributed by atoms with E-state index in [0.717, 1.165) is 11.8 Å². The minimum absolute atomic E-state index is 0.304. The smallest absolute Gasteiger partial charge is 0.100 e. The van der Waals surface area contributed by atoms with Gasteiger partial charge in [-0.25, -0.2) is 0 Å². The average molecular weight is 485 g/mol. The maximum Gasteiger partial charge on any atom is 0.100 e. The van der Waals surface area contributed by atoms with Crippen LogP contribution in [0.5, 0.6) is 0 Å². The van der Waals surface area contributed by atoms with E-state index in [0.29, 0.717) is 12.0 Å². The fourth-order valence-corrected chi connectivity index (χ4v) is 6.48. The SMILES string of the molecule is N#C/C(C=N)=C/Cc1ccc(-c2ccc3c(c2)-c2ccccc2C32c3ccccc3-c3ccccc32)cc1. The van der Waals surface area contributed by atoms with Crippen molar-refractivity contribution in [1.82, 2.24) is 0 Å². The third-order valence-electron chi connectivity index (χ3n) is 8.13. The molecule has 38 heavy (non-hydrogen) atoms. The van der Waals surface area contributed by atoms with E-state index in [4.69, 9.17) is 10.7 Å². The summed E-state index contributed by atoms with van der Waals surface area (Å²) in [6.07, 6.45) is 3.53. The van der Waals surface area contributed by atoms with Crippen LogP contribution in [-0.2, 0) is 11.8 Å². The lowest BCUT2D eigenvalue weighted by Gasteiger charge is -2.30. The molecule has 0 fully saturated rings. The summed E-state index contributed by atoms with van der Waals surface area (Å²) in [5.74, 6) is 0. The Hall–Kier alpha value is -5.00. The van der Waals surface area contributed by atoms with E-state index in [2.05, 4.69) is 115 Å². The van der Waals surface area contributed by atoms with Crippen LogP contribution in [0, 0.1) is 16.7 Å². The first-order valence-corrected chi connectivity index (χ1v) is 12.9. The van der Waals surface area contributed by atoms with Crippen LogP contribution in [0.15, 0.2) is 127 Å². The molecule has 0 aromatic heterocycles. The third kappa shape index (κ3) is 3.03. The summed E-state index contributed by atoms with van der Waals surface area (Å²) in [6, 6.07) is 44.1. The highest BCUT2D eigenvalue weighted by molar-refractivity contribution is 5.96. The first-order chi connectivity index (χ1) is 18.8. The molecule has 2 heteroatoms. The van der Waals surface area contributed by atoms with Gasteiger partial charge in [-0.1, -0.05) is 115 Å². The Morgan fingerprint density at radius 2 is 1.13 bits per heavy atom. The summed E-state index contributed by atoms with van der Waals surface area (Å²) < 4.78 is 0. The van der Waals surface area contributed by atoms with Crippen molar-refractivity contribution in [2.24, 2.45) is 0 Å². The minimum atomic E-state index is -0.304. The van der Waals surface area contributed by atoms with Crippen LogP contribution >= 0.6 is 0 Å². The van der Waals surface area contributed by atoms with Gasteiger partial charge in [0.05, 0.1) is 11.0 Å². The van der Waals surface area contributed by atoms with Crippen LogP contribution in [0.1, 0.15) is 27.8 Å². The second-order valence-corrected chi connectivity index (χ2v) is 9.96. The van der Waals surface area contributed by atoms with E-state index in [1.54, 1.807) is 6.08 Å². The Morgan fingerprint density at radius 1 is 0.632 bits per heavy atom. The molecule has 1 N–H and O–H groups in total. The van der Waals surface area contributed by atoms with Gasteiger partial charge in [-0.2, -0.15) is 5.26 Å². The fourth-order valence-electron chi connectivity index (χ4n) is 6.48.